The summed E-state index contributed by atoms with van der Waals surface area (Å²) in [5, 5.41) is 10.0. The normalized spacial score (nSPS) is 11.0. The van der Waals surface area contributed by atoms with E-state index in [2.05, 4.69) is 0 Å². The lowest BCUT2D eigenvalue weighted by Crippen LogP contribution is -1.93. The van der Waals surface area contributed by atoms with Crippen molar-refractivity contribution in [3.8, 4) is 17.2 Å². The van der Waals surface area contributed by atoms with Crippen LogP contribution in [0.15, 0.2) is 36.4 Å². The predicted molar refractivity (Wildman–Crippen MR) is 96.8 cm³/mol. The molecule has 2 aromatic rings. The summed E-state index contributed by atoms with van der Waals surface area (Å²) in [6.45, 7) is 0.734. The van der Waals surface area contributed by atoms with Crippen LogP contribution < -0.4 is 9.47 Å². The first-order chi connectivity index (χ1) is 11.7. The van der Waals surface area contributed by atoms with Gasteiger partial charge in [-0.1, -0.05) is 24.3 Å². The van der Waals surface area contributed by atoms with E-state index in [9.17, 15) is 5.11 Å². The van der Waals surface area contributed by atoms with Crippen LogP contribution in [0.4, 0.5) is 0 Å². The van der Waals surface area contributed by atoms with Crippen molar-refractivity contribution in [2.24, 2.45) is 0 Å². The van der Waals surface area contributed by atoms with Crippen molar-refractivity contribution in [3.05, 3.63) is 53.1 Å². The first-order valence-corrected chi connectivity index (χ1v) is 7.89. The SMILES string of the molecule is COCCCc1ccc(O)c(C=Cc2ccc(OC)c(OC)c2)c1. The maximum absolute atomic E-state index is 10.0. The molecule has 0 saturated carbocycles. The molecule has 0 heterocycles. The molecule has 0 unspecified atom stereocenters. The summed E-state index contributed by atoms with van der Waals surface area (Å²) in [7, 11) is 4.93. The lowest BCUT2D eigenvalue weighted by molar-refractivity contribution is 0.195. The third kappa shape index (κ3) is 4.77. The van der Waals surface area contributed by atoms with Crippen LogP contribution in [0.2, 0.25) is 0 Å². The fraction of sp³-hybridized carbons (Fsp3) is 0.300. The van der Waals surface area contributed by atoms with Gasteiger partial charge in [0.25, 0.3) is 0 Å². The van der Waals surface area contributed by atoms with E-state index in [0.717, 1.165) is 30.6 Å². The van der Waals surface area contributed by atoms with Gasteiger partial charge in [-0.05, 0) is 48.2 Å². The van der Waals surface area contributed by atoms with Crippen molar-refractivity contribution in [2.75, 3.05) is 27.9 Å². The van der Waals surface area contributed by atoms with Crippen LogP contribution in [0.5, 0.6) is 17.2 Å². The highest BCUT2D eigenvalue weighted by Crippen LogP contribution is 2.29. The molecule has 0 aliphatic carbocycles. The van der Waals surface area contributed by atoms with Crippen LogP contribution in [-0.2, 0) is 11.2 Å². The molecule has 0 radical (unpaired) electrons. The van der Waals surface area contributed by atoms with Crippen LogP contribution in [0.1, 0.15) is 23.1 Å². The Morgan fingerprint density at radius 1 is 0.917 bits per heavy atom. The summed E-state index contributed by atoms with van der Waals surface area (Å²) in [5.41, 5.74) is 2.94. The lowest BCUT2D eigenvalue weighted by Gasteiger charge is -2.08. The largest absolute Gasteiger partial charge is 0.507 e. The number of phenolic OH excluding ortho intramolecular Hbond substituents is 1. The number of aromatic hydroxyl groups is 1. The summed E-state index contributed by atoms with van der Waals surface area (Å²) in [6, 6.07) is 11.4. The summed E-state index contributed by atoms with van der Waals surface area (Å²) >= 11 is 0. The molecular formula is C20H24O4. The van der Waals surface area contributed by atoms with Gasteiger partial charge < -0.3 is 19.3 Å². The molecule has 4 heteroatoms. The van der Waals surface area contributed by atoms with E-state index in [0.29, 0.717) is 11.5 Å². The molecule has 0 amide bonds. The third-order valence-corrected chi connectivity index (χ3v) is 3.77. The standard InChI is InChI=1S/C20H24O4/c1-22-12-4-5-15-7-10-18(21)17(13-15)9-6-16-8-11-19(23-2)20(14-16)24-3/h6-11,13-14,21H,4-5,12H2,1-3H3. The molecule has 1 N–H and O–H groups in total. The number of hydrogen-bond donors (Lipinski definition) is 1. The number of ether oxygens (including phenoxy) is 3. The van der Waals surface area contributed by atoms with E-state index in [4.69, 9.17) is 14.2 Å². The van der Waals surface area contributed by atoms with Crippen LogP contribution >= 0.6 is 0 Å². The second-order valence-corrected chi connectivity index (χ2v) is 5.44. The second-order valence-electron chi connectivity index (χ2n) is 5.44. The monoisotopic (exact) mass is 328 g/mol. The van der Waals surface area contributed by atoms with Crippen LogP contribution in [0.3, 0.4) is 0 Å². The van der Waals surface area contributed by atoms with E-state index in [1.165, 1.54) is 5.56 Å². The number of methoxy groups -OCH3 is 3. The number of rotatable bonds is 8. The Bertz CT molecular complexity index is 692. The molecule has 4 nitrogen and oxygen atoms in total. The van der Waals surface area contributed by atoms with Gasteiger partial charge in [0.15, 0.2) is 11.5 Å². The summed E-state index contributed by atoms with van der Waals surface area (Å²) in [5.74, 6) is 1.64. The molecule has 0 spiro atoms. The van der Waals surface area contributed by atoms with E-state index >= 15 is 0 Å². The molecule has 0 atom stereocenters. The van der Waals surface area contributed by atoms with Crippen LogP contribution in [0.25, 0.3) is 12.2 Å². The predicted octanol–water partition coefficient (Wildman–Crippen LogP) is 4.16. The molecule has 0 bridgehead atoms. The van der Waals surface area contributed by atoms with Crippen molar-refractivity contribution in [3.63, 3.8) is 0 Å². The first kappa shape index (κ1) is 17.9. The highest BCUT2D eigenvalue weighted by molar-refractivity contribution is 5.73. The van der Waals surface area contributed by atoms with Gasteiger partial charge >= 0.3 is 0 Å². The number of hydrogen-bond acceptors (Lipinski definition) is 4. The van der Waals surface area contributed by atoms with E-state index in [1.54, 1.807) is 27.4 Å². The minimum absolute atomic E-state index is 0.266. The Labute approximate surface area is 143 Å². The number of aryl methyl sites for hydroxylation is 1. The van der Waals surface area contributed by atoms with Gasteiger partial charge in [-0.2, -0.15) is 0 Å². The average Bonchev–Trinajstić information content (AvgIpc) is 2.61. The molecule has 2 rings (SSSR count). The van der Waals surface area contributed by atoms with Gasteiger partial charge in [-0.15, -0.1) is 0 Å². The smallest absolute Gasteiger partial charge is 0.161 e. The summed E-state index contributed by atoms with van der Waals surface area (Å²) < 4.78 is 15.6. The van der Waals surface area contributed by atoms with Gasteiger partial charge in [-0.25, -0.2) is 0 Å². The quantitative estimate of drug-likeness (QED) is 0.584. The third-order valence-electron chi connectivity index (χ3n) is 3.77. The van der Waals surface area contributed by atoms with Crippen LogP contribution in [0, 0.1) is 0 Å². The maximum atomic E-state index is 10.0. The van der Waals surface area contributed by atoms with Crippen molar-refractivity contribution >= 4 is 12.2 Å². The lowest BCUT2D eigenvalue weighted by atomic mass is 10.0. The van der Waals surface area contributed by atoms with Crippen molar-refractivity contribution in [1.29, 1.82) is 0 Å². The van der Waals surface area contributed by atoms with E-state index < -0.39 is 0 Å². The second kappa shape index (κ2) is 8.99. The Morgan fingerprint density at radius 3 is 2.42 bits per heavy atom. The Kier molecular flexibility index (Phi) is 6.70. The molecule has 0 aromatic heterocycles. The van der Waals surface area contributed by atoms with Gasteiger partial charge in [-0.3, -0.25) is 0 Å². The zero-order valence-corrected chi connectivity index (χ0v) is 14.4. The Balaban J connectivity index is 2.17. The highest BCUT2D eigenvalue weighted by atomic mass is 16.5. The van der Waals surface area contributed by atoms with E-state index in [-0.39, 0.29) is 5.75 Å². The van der Waals surface area contributed by atoms with Crippen molar-refractivity contribution in [2.45, 2.75) is 12.8 Å². The molecule has 0 aliphatic rings. The molecule has 128 valence electrons. The zero-order chi connectivity index (χ0) is 17.4. The Morgan fingerprint density at radius 2 is 1.71 bits per heavy atom. The highest BCUT2D eigenvalue weighted by Gasteiger charge is 2.04. The fourth-order valence-electron chi connectivity index (χ4n) is 2.46. The van der Waals surface area contributed by atoms with Crippen molar-refractivity contribution < 1.29 is 19.3 Å². The molecule has 2 aromatic carbocycles. The zero-order valence-electron chi connectivity index (χ0n) is 14.4. The number of benzene rings is 2. The Hall–Kier alpha value is -2.46. The topological polar surface area (TPSA) is 47.9 Å². The van der Waals surface area contributed by atoms with Gasteiger partial charge in [0.1, 0.15) is 5.75 Å². The molecule has 0 fully saturated rings. The van der Waals surface area contributed by atoms with E-state index in [1.807, 2.05) is 42.5 Å². The van der Waals surface area contributed by atoms with Gasteiger partial charge in [0.05, 0.1) is 14.2 Å². The minimum Gasteiger partial charge on any atom is -0.507 e. The van der Waals surface area contributed by atoms with Crippen LogP contribution in [-0.4, -0.2) is 33.0 Å². The van der Waals surface area contributed by atoms with Gasteiger partial charge in [0.2, 0.25) is 0 Å². The number of phenols is 1. The molecular weight excluding hydrogens is 304 g/mol. The molecule has 24 heavy (non-hydrogen) atoms. The summed E-state index contributed by atoms with van der Waals surface area (Å²) in [6.07, 6.45) is 5.72. The fourth-order valence-corrected chi connectivity index (χ4v) is 2.46. The first-order valence-electron chi connectivity index (χ1n) is 7.89. The molecule has 0 aliphatic heterocycles. The van der Waals surface area contributed by atoms with Crippen molar-refractivity contribution in [1.82, 2.24) is 0 Å². The summed E-state index contributed by atoms with van der Waals surface area (Å²) in [4.78, 5) is 0. The molecule has 0 saturated heterocycles. The van der Waals surface area contributed by atoms with Gasteiger partial charge in [0, 0.05) is 19.3 Å². The maximum Gasteiger partial charge on any atom is 0.161 e. The minimum atomic E-state index is 0.266. The average molecular weight is 328 g/mol.